The van der Waals surface area contributed by atoms with Gasteiger partial charge in [0.25, 0.3) is 5.91 Å². The SMILES string of the molecule is COc1ccc(CN(CCc2ccc(OC)c(OC)c2)Cc2nc(C(=O)NC3CCCCC3)cs2)cc1. The summed E-state index contributed by atoms with van der Waals surface area (Å²) in [5, 5.41) is 6.00. The fraction of sp³-hybridized carbons (Fsp3) is 0.448. The maximum absolute atomic E-state index is 12.8. The summed E-state index contributed by atoms with van der Waals surface area (Å²) in [4.78, 5) is 19.8. The van der Waals surface area contributed by atoms with Gasteiger partial charge < -0.3 is 19.5 Å². The molecule has 0 unspecified atom stereocenters. The minimum absolute atomic E-state index is 0.0542. The fourth-order valence-electron chi connectivity index (χ4n) is 4.71. The molecule has 198 valence electrons. The van der Waals surface area contributed by atoms with Gasteiger partial charge in [0.2, 0.25) is 0 Å². The third-order valence-electron chi connectivity index (χ3n) is 6.81. The summed E-state index contributed by atoms with van der Waals surface area (Å²) >= 11 is 1.55. The number of benzene rings is 2. The van der Waals surface area contributed by atoms with Crippen LogP contribution in [0.15, 0.2) is 47.8 Å². The molecule has 1 aliphatic carbocycles. The predicted molar refractivity (Wildman–Crippen MR) is 147 cm³/mol. The second-order valence-corrected chi connectivity index (χ2v) is 10.4. The molecule has 0 aliphatic heterocycles. The number of carbonyl (C=O) groups is 1. The van der Waals surface area contributed by atoms with E-state index in [9.17, 15) is 4.79 Å². The van der Waals surface area contributed by atoms with Crippen molar-refractivity contribution in [2.24, 2.45) is 0 Å². The van der Waals surface area contributed by atoms with Crippen molar-refractivity contribution in [3.8, 4) is 17.2 Å². The summed E-state index contributed by atoms with van der Waals surface area (Å²) in [5.74, 6) is 2.24. The van der Waals surface area contributed by atoms with Crippen LogP contribution in [-0.2, 0) is 19.5 Å². The highest BCUT2D eigenvalue weighted by molar-refractivity contribution is 7.09. The Morgan fingerprint density at radius 2 is 1.68 bits per heavy atom. The Balaban J connectivity index is 1.44. The lowest BCUT2D eigenvalue weighted by Gasteiger charge is -2.22. The summed E-state index contributed by atoms with van der Waals surface area (Å²) in [5.41, 5.74) is 2.89. The Bertz CT molecular complexity index is 1140. The number of rotatable bonds is 12. The van der Waals surface area contributed by atoms with Gasteiger partial charge in [0, 0.05) is 24.5 Å². The number of hydrogen-bond acceptors (Lipinski definition) is 7. The van der Waals surface area contributed by atoms with Crippen LogP contribution >= 0.6 is 11.3 Å². The molecule has 2 aromatic carbocycles. The molecular formula is C29H37N3O4S. The minimum atomic E-state index is -0.0542. The fourth-order valence-corrected chi connectivity index (χ4v) is 5.53. The molecule has 37 heavy (non-hydrogen) atoms. The zero-order valence-electron chi connectivity index (χ0n) is 22.0. The number of aromatic nitrogens is 1. The Hall–Kier alpha value is -3.10. The van der Waals surface area contributed by atoms with Crippen LogP contribution in [0, 0.1) is 0 Å². The Morgan fingerprint density at radius 1 is 0.946 bits per heavy atom. The van der Waals surface area contributed by atoms with Crippen LogP contribution in [-0.4, -0.2) is 49.7 Å². The van der Waals surface area contributed by atoms with Crippen LogP contribution in [0.25, 0.3) is 0 Å². The molecule has 4 rings (SSSR count). The second-order valence-electron chi connectivity index (χ2n) is 9.43. The third-order valence-corrected chi connectivity index (χ3v) is 7.65. The maximum atomic E-state index is 12.8. The van der Waals surface area contributed by atoms with Crippen molar-refractivity contribution in [1.29, 1.82) is 0 Å². The minimum Gasteiger partial charge on any atom is -0.497 e. The highest BCUT2D eigenvalue weighted by Gasteiger charge is 2.19. The lowest BCUT2D eigenvalue weighted by molar-refractivity contribution is 0.0923. The normalized spacial score (nSPS) is 13.9. The van der Waals surface area contributed by atoms with E-state index in [1.54, 1.807) is 32.7 Å². The number of carbonyl (C=O) groups excluding carboxylic acids is 1. The summed E-state index contributed by atoms with van der Waals surface area (Å²) < 4.78 is 16.2. The number of amides is 1. The first-order chi connectivity index (χ1) is 18.1. The number of nitrogens with one attached hydrogen (secondary N) is 1. The highest BCUT2D eigenvalue weighted by Crippen LogP contribution is 2.28. The number of nitrogens with zero attached hydrogens (tertiary/aromatic N) is 2. The van der Waals surface area contributed by atoms with E-state index in [0.29, 0.717) is 12.2 Å². The second kappa shape index (κ2) is 13.4. The maximum Gasteiger partial charge on any atom is 0.270 e. The number of methoxy groups -OCH3 is 3. The molecule has 8 heteroatoms. The van der Waals surface area contributed by atoms with E-state index < -0.39 is 0 Å². The van der Waals surface area contributed by atoms with E-state index >= 15 is 0 Å². The Kier molecular flexibility index (Phi) is 9.79. The van der Waals surface area contributed by atoms with Gasteiger partial charge in [0.05, 0.1) is 27.9 Å². The monoisotopic (exact) mass is 523 g/mol. The first-order valence-electron chi connectivity index (χ1n) is 12.9. The lowest BCUT2D eigenvalue weighted by atomic mass is 9.95. The summed E-state index contributed by atoms with van der Waals surface area (Å²) in [6.07, 6.45) is 6.61. The lowest BCUT2D eigenvalue weighted by Crippen LogP contribution is -2.36. The number of thiazole rings is 1. The van der Waals surface area contributed by atoms with E-state index in [4.69, 9.17) is 19.2 Å². The van der Waals surface area contributed by atoms with Gasteiger partial charge in [0.15, 0.2) is 11.5 Å². The van der Waals surface area contributed by atoms with E-state index in [1.807, 2.05) is 29.6 Å². The molecule has 0 spiro atoms. The molecule has 0 radical (unpaired) electrons. The summed E-state index contributed by atoms with van der Waals surface area (Å²) in [7, 11) is 4.98. The van der Waals surface area contributed by atoms with Crippen molar-refractivity contribution in [3.05, 3.63) is 69.7 Å². The van der Waals surface area contributed by atoms with Gasteiger partial charge in [-0.15, -0.1) is 11.3 Å². The molecule has 0 saturated heterocycles. The molecule has 1 amide bonds. The number of hydrogen-bond donors (Lipinski definition) is 1. The predicted octanol–water partition coefficient (Wildman–Crippen LogP) is 5.48. The van der Waals surface area contributed by atoms with Gasteiger partial charge in [-0.1, -0.05) is 37.5 Å². The van der Waals surface area contributed by atoms with Crippen molar-refractivity contribution in [1.82, 2.24) is 15.2 Å². The Labute approximate surface area is 223 Å². The quantitative estimate of drug-likeness (QED) is 0.339. The van der Waals surface area contributed by atoms with Gasteiger partial charge in [-0.05, 0) is 54.7 Å². The highest BCUT2D eigenvalue weighted by atomic mass is 32.1. The molecule has 1 heterocycles. The van der Waals surface area contributed by atoms with E-state index in [0.717, 1.165) is 54.6 Å². The van der Waals surface area contributed by atoms with Crippen LogP contribution in [0.2, 0.25) is 0 Å². The molecule has 1 aliphatic rings. The topological polar surface area (TPSA) is 72.9 Å². The largest absolute Gasteiger partial charge is 0.497 e. The van der Waals surface area contributed by atoms with E-state index in [-0.39, 0.29) is 11.9 Å². The first-order valence-corrected chi connectivity index (χ1v) is 13.8. The average molecular weight is 524 g/mol. The molecule has 3 aromatic rings. The van der Waals surface area contributed by atoms with Crippen LogP contribution in [0.5, 0.6) is 17.2 Å². The molecule has 0 bridgehead atoms. The summed E-state index contributed by atoms with van der Waals surface area (Å²) in [6.45, 7) is 2.26. The van der Waals surface area contributed by atoms with Crippen molar-refractivity contribution in [3.63, 3.8) is 0 Å². The van der Waals surface area contributed by atoms with Gasteiger partial charge in [-0.2, -0.15) is 0 Å². The zero-order valence-corrected chi connectivity index (χ0v) is 22.8. The van der Waals surface area contributed by atoms with Crippen molar-refractivity contribution in [2.75, 3.05) is 27.9 Å². The van der Waals surface area contributed by atoms with Crippen molar-refractivity contribution < 1.29 is 19.0 Å². The zero-order chi connectivity index (χ0) is 26.0. The third kappa shape index (κ3) is 7.69. The van der Waals surface area contributed by atoms with Crippen molar-refractivity contribution in [2.45, 2.75) is 57.7 Å². The molecule has 0 atom stereocenters. The molecule has 1 saturated carbocycles. The van der Waals surface area contributed by atoms with Gasteiger partial charge in [-0.3, -0.25) is 9.69 Å². The smallest absolute Gasteiger partial charge is 0.270 e. The average Bonchev–Trinajstić information content (AvgIpc) is 3.41. The first kappa shape index (κ1) is 26.9. The van der Waals surface area contributed by atoms with Crippen molar-refractivity contribution >= 4 is 17.2 Å². The molecule has 1 fully saturated rings. The molecule has 1 N–H and O–H groups in total. The number of ether oxygens (including phenoxy) is 3. The molecular weight excluding hydrogens is 486 g/mol. The van der Waals surface area contributed by atoms with Gasteiger partial charge in [0.1, 0.15) is 16.5 Å². The van der Waals surface area contributed by atoms with Crippen LogP contribution in [0.4, 0.5) is 0 Å². The standard InChI is InChI=1S/C29H37N3O4S/c1-34-24-12-9-22(10-13-24)18-32(16-15-21-11-14-26(35-2)27(17-21)36-3)19-28-31-25(20-37-28)29(33)30-23-7-5-4-6-8-23/h9-14,17,20,23H,4-8,15-16,18-19H2,1-3H3,(H,30,33). The van der Waals surface area contributed by atoms with Gasteiger partial charge >= 0.3 is 0 Å². The Morgan fingerprint density at radius 3 is 2.38 bits per heavy atom. The van der Waals surface area contributed by atoms with E-state index in [2.05, 4.69) is 28.4 Å². The summed E-state index contributed by atoms with van der Waals surface area (Å²) in [6, 6.07) is 14.5. The van der Waals surface area contributed by atoms with Crippen LogP contribution in [0.1, 0.15) is 58.7 Å². The van der Waals surface area contributed by atoms with E-state index in [1.165, 1.54) is 30.4 Å². The molecule has 1 aromatic heterocycles. The van der Waals surface area contributed by atoms with Crippen LogP contribution in [0.3, 0.4) is 0 Å². The van der Waals surface area contributed by atoms with Crippen LogP contribution < -0.4 is 19.5 Å². The van der Waals surface area contributed by atoms with Gasteiger partial charge in [-0.25, -0.2) is 4.98 Å². The molecule has 7 nitrogen and oxygen atoms in total.